The molecule has 0 radical (unpaired) electrons. The van der Waals surface area contributed by atoms with Gasteiger partial charge in [0, 0.05) is 18.2 Å². The second-order valence-corrected chi connectivity index (χ2v) is 5.21. The summed E-state index contributed by atoms with van der Waals surface area (Å²) in [4.78, 5) is 0.186. The average Bonchev–Trinajstić information content (AvgIpc) is 2.17. The van der Waals surface area contributed by atoms with Crippen LogP contribution in [0.4, 0.5) is 5.69 Å². The molecule has 16 heavy (non-hydrogen) atoms. The van der Waals surface area contributed by atoms with Gasteiger partial charge in [0.2, 0.25) is 10.0 Å². The number of rotatable bonds is 4. The Hall–Kier alpha value is -1.51. The van der Waals surface area contributed by atoms with Crippen molar-refractivity contribution in [2.45, 2.75) is 24.3 Å². The van der Waals surface area contributed by atoms with Crippen molar-refractivity contribution in [1.29, 1.82) is 0 Å². The molecule has 1 unspecified atom stereocenters. The number of nitrogen functional groups attached to an aromatic ring is 1. The van der Waals surface area contributed by atoms with Crippen molar-refractivity contribution in [3.63, 3.8) is 0 Å². The van der Waals surface area contributed by atoms with E-state index in [1.165, 1.54) is 12.1 Å². The lowest BCUT2D eigenvalue weighted by molar-refractivity contribution is 0.563. The number of anilines is 1. The van der Waals surface area contributed by atoms with Crippen LogP contribution in [0.15, 0.2) is 29.2 Å². The van der Waals surface area contributed by atoms with Crippen molar-refractivity contribution < 1.29 is 8.42 Å². The van der Waals surface area contributed by atoms with Crippen LogP contribution in [0.5, 0.6) is 0 Å². The first-order valence-electron chi connectivity index (χ1n) is 4.77. The predicted octanol–water partition coefficient (Wildman–Crippen LogP) is 0.959. The SMILES string of the molecule is C#CCC(C)NS(=O)(=O)c1ccc(N)cc1. The molecule has 0 saturated heterocycles. The number of terminal acetylenes is 1. The number of benzene rings is 1. The maximum absolute atomic E-state index is 11.8. The zero-order chi connectivity index (χ0) is 12.2. The number of sulfonamides is 1. The lowest BCUT2D eigenvalue weighted by Gasteiger charge is -2.11. The first-order chi connectivity index (χ1) is 7.45. The van der Waals surface area contributed by atoms with Crippen LogP contribution in [-0.2, 0) is 10.0 Å². The zero-order valence-electron chi connectivity index (χ0n) is 8.97. The van der Waals surface area contributed by atoms with Gasteiger partial charge in [0.1, 0.15) is 0 Å². The van der Waals surface area contributed by atoms with Crippen LogP contribution >= 0.6 is 0 Å². The minimum absolute atomic E-state index is 0.186. The summed E-state index contributed by atoms with van der Waals surface area (Å²) >= 11 is 0. The highest BCUT2D eigenvalue weighted by Gasteiger charge is 2.16. The third-order valence-electron chi connectivity index (χ3n) is 1.97. The number of nitrogens with two attached hydrogens (primary N) is 1. The summed E-state index contributed by atoms with van der Waals surface area (Å²) in [6.07, 6.45) is 5.46. The van der Waals surface area contributed by atoms with Crippen molar-refractivity contribution in [3.8, 4) is 12.3 Å². The van der Waals surface area contributed by atoms with Gasteiger partial charge in [-0.15, -0.1) is 12.3 Å². The molecular weight excluding hydrogens is 224 g/mol. The Labute approximate surface area is 95.9 Å². The van der Waals surface area contributed by atoms with E-state index in [0.717, 1.165) is 0 Å². The predicted molar refractivity (Wildman–Crippen MR) is 64.1 cm³/mol. The highest BCUT2D eigenvalue weighted by molar-refractivity contribution is 7.89. The van der Waals surface area contributed by atoms with E-state index in [4.69, 9.17) is 12.2 Å². The quantitative estimate of drug-likeness (QED) is 0.606. The fourth-order valence-corrected chi connectivity index (χ4v) is 2.44. The molecule has 1 rings (SSSR count). The molecule has 1 aromatic rings. The molecule has 0 aliphatic rings. The summed E-state index contributed by atoms with van der Waals surface area (Å²) in [7, 11) is -3.50. The average molecular weight is 238 g/mol. The molecule has 0 bridgehead atoms. The van der Waals surface area contributed by atoms with Gasteiger partial charge in [0.25, 0.3) is 0 Å². The number of hydrogen-bond donors (Lipinski definition) is 2. The van der Waals surface area contributed by atoms with E-state index in [2.05, 4.69) is 10.6 Å². The molecule has 0 aliphatic heterocycles. The molecule has 5 heteroatoms. The van der Waals surface area contributed by atoms with Crippen LogP contribution in [0.1, 0.15) is 13.3 Å². The number of hydrogen-bond acceptors (Lipinski definition) is 3. The van der Waals surface area contributed by atoms with Gasteiger partial charge in [-0.25, -0.2) is 13.1 Å². The third kappa shape index (κ3) is 3.26. The Morgan fingerprint density at radius 3 is 2.50 bits per heavy atom. The summed E-state index contributed by atoms with van der Waals surface area (Å²) in [6, 6.07) is 5.72. The van der Waals surface area contributed by atoms with Crippen LogP contribution in [0, 0.1) is 12.3 Å². The van der Waals surface area contributed by atoms with E-state index in [-0.39, 0.29) is 10.9 Å². The number of nitrogens with one attached hydrogen (secondary N) is 1. The van der Waals surface area contributed by atoms with E-state index in [1.54, 1.807) is 19.1 Å². The molecule has 4 nitrogen and oxygen atoms in total. The lowest BCUT2D eigenvalue weighted by Crippen LogP contribution is -2.32. The summed E-state index contributed by atoms with van der Waals surface area (Å²) in [6.45, 7) is 1.72. The van der Waals surface area contributed by atoms with E-state index in [1.807, 2.05) is 0 Å². The molecule has 0 saturated carbocycles. The van der Waals surface area contributed by atoms with Crippen molar-refractivity contribution in [1.82, 2.24) is 4.72 Å². The summed E-state index contributed by atoms with van der Waals surface area (Å²) < 4.78 is 26.1. The molecule has 1 aromatic carbocycles. The van der Waals surface area contributed by atoms with Gasteiger partial charge in [-0.05, 0) is 31.2 Å². The first-order valence-corrected chi connectivity index (χ1v) is 6.25. The highest BCUT2D eigenvalue weighted by atomic mass is 32.2. The van der Waals surface area contributed by atoms with Crippen LogP contribution < -0.4 is 10.5 Å². The maximum atomic E-state index is 11.8. The van der Waals surface area contributed by atoms with Crippen molar-refractivity contribution in [3.05, 3.63) is 24.3 Å². The van der Waals surface area contributed by atoms with E-state index >= 15 is 0 Å². The Kier molecular flexibility index (Phi) is 3.93. The molecule has 0 amide bonds. The van der Waals surface area contributed by atoms with E-state index in [0.29, 0.717) is 12.1 Å². The fraction of sp³-hybridized carbons (Fsp3) is 0.273. The van der Waals surface area contributed by atoms with Gasteiger partial charge >= 0.3 is 0 Å². The van der Waals surface area contributed by atoms with Crippen molar-refractivity contribution in [2.24, 2.45) is 0 Å². The molecular formula is C11H14N2O2S. The Morgan fingerprint density at radius 1 is 1.44 bits per heavy atom. The topological polar surface area (TPSA) is 72.2 Å². The molecule has 86 valence electrons. The van der Waals surface area contributed by atoms with Crippen LogP contribution in [-0.4, -0.2) is 14.5 Å². The minimum Gasteiger partial charge on any atom is -0.399 e. The van der Waals surface area contributed by atoms with Gasteiger partial charge in [0.05, 0.1) is 4.90 Å². The van der Waals surface area contributed by atoms with Gasteiger partial charge in [0.15, 0.2) is 0 Å². The first kappa shape index (κ1) is 12.6. The molecule has 0 fully saturated rings. The minimum atomic E-state index is -3.50. The maximum Gasteiger partial charge on any atom is 0.240 e. The van der Waals surface area contributed by atoms with Gasteiger partial charge in [-0.3, -0.25) is 0 Å². The second-order valence-electron chi connectivity index (χ2n) is 3.50. The normalized spacial score (nSPS) is 13.0. The van der Waals surface area contributed by atoms with Gasteiger partial charge in [-0.1, -0.05) is 0 Å². The standard InChI is InChI=1S/C11H14N2O2S/c1-3-4-9(2)13-16(14,15)11-7-5-10(12)6-8-11/h1,5-9,13H,4,12H2,2H3. The molecule has 1 atom stereocenters. The van der Waals surface area contributed by atoms with Gasteiger partial charge < -0.3 is 5.73 Å². The van der Waals surface area contributed by atoms with Crippen molar-refractivity contribution >= 4 is 15.7 Å². The van der Waals surface area contributed by atoms with Gasteiger partial charge in [-0.2, -0.15) is 0 Å². The monoisotopic (exact) mass is 238 g/mol. The smallest absolute Gasteiger partial charge is 0.240 e. The van der Waals surface area contributed by atoms with Crippen LogP contribution in [0.2, 0.25) is 0 Å². The second kappa shape index (κ2) is 5.01. The lowest BCUT2D eigenvalue weighted by atomic mass is 10.3. The molecule has 0 aromatic heterocycles. The molecule has 0 aliphatic carbocycles. The largest absolute Gasteiger partial charge is 0.399 e. The highest BCUT2D eigenvalue weighted by Crippen LogP contribution is 2.12. The molecule has 3 N–H and O–H groups in total. The van der Waals surface area contributed by atoms with Crippen molar-refractivity contribution in [2.75, 3.05) is 5.73 Å². The van der Waals surface area contributed by atoms with Crippen LogP contribution in [0.3, 0.4) is 0 Å². The Morgan fingerprint density at radius 2 is 2.00 bits per heavy atom. The summed E-state index contributed by atoms with van der Waals surface area (Å²) in [5, 5.41) is 0. The zero-order valence-corrected chi connectivity index (χ0v) is 9.79. The fourth-order valence-electron chi connectivity index (χ4n) is 1.20. The van der Waals surface area contributed by atoms with E-state index in [9.17, 15) is 8.42 Å². The summed E-state index contributed by atoms with van der Waals surface area (Å²) in [5.41, 5.74) is 6.00. The summed E-state index contributed by atoms with van der Waals surface area (Å²) in [5.74, 6) is 2.40. The Balaban J connectivity index is 2.87. The van der Waals surface area contributed by atoms with E-state index < -0.39 is 10.0 Å². The Bertz CT molecular complexity index is 486. The molecule has 0 spiro atoms. The van der Waals surface area contributed by atoms with Crippen LogP contribution in [0.25, 0.3) is 0 Å². The molecule has 0 heterocycles. The third-order valence-corrected chi connectivity index (χ3v) is 3.58.